The van der Waals surface area contributed by atoms with Crippen molar-refractivity contribution in [2.75, 3.05) is 0 Å². The van der Waals surface area contributed by atoms with Gasteiger partial charge in [0.15, 0.2) is 0 Å². The number of pyridine rings is 1. The van der Waals surface area contributed by atoms with E-state index in [1.807, 2.05) is 36.4 Å². The van der Waals surface area contributed by atoms with E-state index in [-0.39, 0.29) is 22.5 Å². The summed E-state index contributed by atoms with van der Waals surface area (Å²) in [6.45, 7) is 6.49. The highest BCUT2D eigenvalue weighted by Crippen LogP contribution is 2.45. The summed E-state index contributed by atoms with van der Waals surface area (Å²) in [5, 5.41) is 3.17. The molecule has 45 heavy (non-hydrogen) atoms. The van der Waals surface area contributed by atoms with Gasteiger partial charge in [0.05, 0.1) is 5.52 Å². The van der Waals surface area contributed by atoms with Crippen LogP contribution in [0.1, 0.15) is 26.3 Å². The highest BCUT2D eigenvalue weighted by atomic mass is 35.5. The van der Waals surface area contributed by atoms with Gasteiger partial charge in [-0.2, -0.15) is 21.6 Å². The van der Waals surface area contributed by atoms with Gasteiger partial charge in [-0.3, -0.25) is 0 Å². The fourth-order valence-electron chi connectivity index (χ4n) is 6.13. The lowest BCUT2D eigenvalue weighted by molar-refractivity contribution is -0.0501. The standard InChI is InChI=1S/C34H30Cl2F3NO3SSi/c1-33(2,3)45(24-12-6-4-7-13-24,25-14-8-5-9-15-25)21-20-27-31(26-16-10-11-17-29(26)36)28-22-23(35)18-19-30(28)40-32(27)43-44(41,42)34(37,38)39/h4-19,22H,20-21H2,1-3H3. The molecule has 0 aliphatic carbocycles. The second kappa shape index (κ2) is 12.4. The summed E-state index contributed by atoms with van der Waals surface area (Å²) in [6, 6.07) is 32.2. The van der Waals surface area contributed by atoms with Gasteiger partial charge >= 0.3 is 15.6 Å². The molecular weight excluding hydrogens is 658 g/mol. The van der Waals surface area contributed by atoms with Crippen LogP contribution in [0.2, 0.25) is 21.1 Å². The summed E-state index contributed by atoms with van der Waals surface area (Å²) in [5.74, 6) is -0.644. The van der Waals surface area contributed by atoms with E-state index in [9.17, 15) is 21.6 Å². The number of rotatable bonds is 8. The third kappa shape index (κ3) is 6.36. The lowest BCUT2D eigenvalue weighted by Gasteiger charge is -2.44. The SMILES string of the molecule is CC(C)(C)[Si](CCc1c(OS(=O)(=O)C(F)(F)F)nc2ccc(Cl)cc2c1-c1ccccc1Cl)(c1ccccc1)c1ccccc1. The molecule has 234 valence electrons. The number of halogens is 5. The van der Waals surface area contributed by atoms with Gasteiger partial charge in [-0.05, 0) is 41.8 Å². The zero-order valence-corrected chi connectivity index (χ0v) is 28.0. The Balaban J connectivity index is 1.84. The van der Waals surface area contributed by atoms with Gasteiger partial charge < -0.3 is 4.18 Å². The number of alkyl halides is 3. The van der Waals surface area contributed by atoms with Crippen molar-refractivity contribution in [2.45, 2.75) is 43.8 Å². The molecule has 11 heteroatoms. The largest absolute Gasteiger partial charge is 0.534 e. The molecule has 0 unspecified atom stereocenters. The van der Waals surface area contributed by atoms with Crippen molar-refractivity contribution in [3.63, 3.8) is 0 Å². The van der Waals surface area contributed by atoms with Crippen LogP contribution in [0, 0.1) is 0 Å². The highest BCUT2D eigenvalue weighted by Gasteiger charge is 2.50. The average molecular weight is 689 g/mol. The van der Waals surface area contributed by atoms with Crippen molar-refractivity contribution in [1.82, 2.24) is 4.98 Å². The predicted molar refractivity (Wildman–Crippen MR) is 179 cm³/mol. The van der Waals surface area contributed by atoms with E-state index in [2.05, 4.69) is 50.0 Å². The Morgan fingerprint density at radius 2 is 1.36 bits per heavy atom. The summed E-state index contributed by atoms with van der Waals surface area (Å²) in [4.78, 5) is 4.35. The molecule has 0 radical (unpaired) electrons. The van der Waals surface area contributed by atoms with Crippen LogP contribution in [0.15, 0.2) is 103 Å². The maximum absolute atomic E-state index is 13.7. The van der Waals surface area contributed by atoms with Crippen LogP contribution < -0.4 is 14.6 Å². The second-order valence-electron chi connectivity index (χ2n) is 11.8. The normalized spacial score (nSPS) is 12.8. The molecule has 4 nitrogen and oxygen atoms in total. The Morgan fingerprint density at radius 1 is 0.800 bits per heavy atom. The van der Waals surface area contributed by atoms with E-state index in [1.54, 1.807) is 30.3 Å². The van der Waals surface area contributed by atoms with E-state index in [4.69, 9.17) is 27.4 Å². The summed E-state index contributed by atoms with van der Waals surface area (Å²) in [7, 11) is -8.84. The Bertz CT molecular complexity index is 1910. The Morgan fingerprint density at radius 3 is 1.89 bits per heavy atom. The average Bonchev–Trinajstić information content (AvgIpc) is 2.98. The topological polar surface area (TPSA) is 56.3 Å². The van der Waals surface area contributed by atoms with Crippen molar-refractivity contribution in [3.8, 4) is 17.0 Å². The quantitative estimate of drug-likeness (QED) is 0.0928. The zero-order valence-electron chi connectivity index (χ0n) is 24.7. The monoisotopic (exact) mass is 687 g/mol. The fourth-order valence-corrected chi connectivity index (χ4v) is 12.5. The first-order chi connectivity index (χ1) is 21.2. The Labute approximate surface area is 271 Å². The third-order valence-electron chi connectivity index (χ3n) is 8.19. The molecule has 0 aliphatic rings. The Hall–Kier alpha value is -3.37. The molecule has 1 aromatic heterocycles. The lowest BCUT2D eigenvalue weighted by atomic mass is 9.94. The lowest BCUT2D eigenvalue weighted by Crippen LogP contribution is -2.64. The van der Waals surface area contributed by atoms with E-state index in [0.29, 0.717) is 32.6 Å². The van der Waals surface area contributed by atoms with Crippen LogP contribution in [-0.4, -0.2) is 27.0 Å². The van der Waals surface area contributed by atoms with E-state index in [0.717, 1.165) is 10.4 Å². The predicted octanol–water partition coefficient (Wildman–Crippen LogP) is 9.04. The number of nitrogens with zero attached hydrogens (tertiary/aromatic N) is 1. The third-order valence-corrected chi connectivity index (χ3v) is 15.9. The maximum Gasteiger partial charge on any atom is 0.534 e. The van der Waals surface area contributed by atoms with Gasteiger partial charge in [0, 0.05) is 32.1 Å². The first kappa shape index (κ1) is 33.0. The van der Waals surface area contributed by atoms with Gasteiger partial charge in [-0.25, -0.2) is 4.98 Å². The van der Waals surface area contributed by atoms with Crippen molar-refractivity contribution >= 4 is 62.7 Å². The van der Waals surface area contributed by atoms with Crippen molar-refractivity contribution in [2.24, 2.45) is 0 Å². The van der Waals surface area contributed by atoms with Gasteiger partial charge in [0.1, 0.15) is 8.07 Å². The molecule has 0 N–H and O–H groups in total. The Kier molecular flexibility index (Phi) is 9.12. The van der Waals surface area contributed by atoms with Gasteiger partial charge in [-0.15, -0.1) is 0 Å². The first-order valence-corrected chi connectivity index (χ1v) is 18.5. The minimum atomic E-state index is -6.06. The minimum Gasteiger partial charge on any atom is -0.355 e. The minimum absolute atomic E-state index is 0.131. The van der Waals surface area contributed by atoms with Crippen LogP contribution in [0.25, 0.3) is 22.0 Å². The van der Waals surface area contributed by atoms with Gasteiger partial charge in [0.25, 0.3) is 0 Å². The number of hydrogen-bond donors (Lipinski definition) is 0. The number of aromatic nitrogens is 1. The summed E-state index contributed by atoms with van der Waals surface area (Å²) < 4.78 is 70.9. The van der Waals surface area contributed by atoms with Crippen LogP contribution in [0.4, 0.5) is 13.2 Å². The second-order valence-corrected chi connectivity index (χ2v) is 19.1. The van der Waals surface area contributed by atoms with Crippen molar-refractivity contribution < 1.29 is 25.8 Å². The van der Waals surface area contributed by atoms with E-state index < -0.39 is 29.6 Å². The molecule has 5 aromatic rings. The molecule has 0 amide bonds. The first-order valence-electron chi connectivity index (χ1n) is 14.1. The molecular formula is C34H30Cl2F3NO3SSi. The van der Waals surface area contributed by atoms with Crippen molar-refractivity contribution in [1.29, 1.82) is 0 Å². The van der Waals surface area contributed by atoms with Crippen molar-refractivity contribution in [3.05, 3.63) is 119 Å². The molecule has 0 saturated heterocycles. The molecule has 5 rings (SSSR count). The fraction of sp³-hybridized carbons (Fsp3) is 0.206. The summed E-state index contributed by atoms with van der Waals surface area (Å²) in [6.07, 6.45) is 0.131. The molecule has 0 aliphatic heterocycles. The molecule has 0 spiro atoms. The summed E-state index contributed by atoms with van der Waals surface area (Å²) >= 11 is 13.1. The number of hydrogen-bond acceptors (Lipinski definition) is 4. The van der Waals surface area contributed by atoms with Crippen LogP contribution in [0.3, 0.4) is 0 Å². The number of fused-ring (bicyclic) bond motifs is 1. The summed E-state index contributed by atoms with van der Waals surface area (Å²) in [5.41, 5.74) is -4.36. The van der Waals surface area contributed by atoms with E-state index in [1.165, 1.54) is 12.1 Å². The number of benzene rings is 4. The van der Waals surface area contributed by atoms with E-state index >= 15 is 0 Å². The van der Waals surface area contributed by atoms with Crippen LogP contribution in [0.5, 0.6) is 5.88 Å². The molecule has 0 saturated carbocycles. The van der Waals surface area contributed by atoms with Gasteiger partial charge in [0.2, 0.25) is 5.88 Å². The van der Waals surface area contributed by atoms with Crippen LogP contribution in [-0.2, 0) is 16.5 Å². The van der Waals surface area contributed by atoms with Gasteiger partial charge in [-0.1, -0.05) is 133 Å². The molecule has 0 bridgehead atoms. The maximum atomic E-state index is 13.7. The smallest absolute Gasteiger partial charge is 0.355 e. The molecule has 1 heterocycles. The molecule has 0 atom stereocenters. The highest BCUT2D eigenvalue weighted by molar-refractivity contribution is 7.88. The van der Waals surface area contributed by atoms with Crippen LogP contribution >= 0.6 is 23.2 Å². The zero-order chi connectivity index (χ0) is 32.6. The molecule has 0 fully saturated rings. The molecule has 4 aromatic carbocycles.